The van der Waals surface area contributed by atoms with Crippen LogP contribution >= 0.6 is 23.1 Å². The number of benzene rings is 1. The van der Waals surface area contributed by atoms with E-state index < -0.39 is 0 Å². The molecule has 0 aliphatic rings. The Morgan fingerprint density at radius 2 is 2.36 bits per heavy atom. The second-order valence-electron chi connectivity index (χ2n) is 2.17. The summed E-state index contributed by atoms with van der Waals surface area (Å²) in [6, 6.07) is 5.88. The maximum Gasteiger partial charge on any atom is 0.106 e. The Kier molecular flexibility index (Phi) is 1.75. The van der Waals surface area contributed by atoms with E-state index in [9.17, 15) is 0 Å². The minimum atomic E-state index is 0.529. The minimum absolute atomic E-state index is 0.529. The molecular formula is C7H5ClN2S. The fourth-order valence-corrected chi connectivity index (χ4v) is 1.94. The molecule has 0 atom stereocenters. The number of rotatable bonds is 1. The molecule has 2 aromatic rings. The molecule has 0 saturated carbocycles. The summed E-state index contributed by atoms with van der Waals surface area (Å²) in [4.78, 5) is 0. The predicted molar refractivity (Wildman–Crippen MR) is 47.0 cm³/mol. The molecule has 1 aromatic heterocycles. The van der Waals surface area contributed by atoms with Gasteiger partial charge in [0, 0.05) is 5.88 Å². The van der Waals surface area contributed by atoms with Crippen LogP contribution in [0.2, 0.25) is 0 Å². The molecule has 0 N–H and O–H groups in total. The number of halogens is 1. The molecule has 1 heterocycles. The van der Waals surface area contributed by atoms with Gasteiger partial charge in [0.05, 0.1) is 4.70 Å². The Hall–Kier alpha value is -0.670. The van der Waals surface area contributed by atoms with Gasteiger partial charge in [-0.3, -0.25) is 0 Å². The molecule has 0 saturated heterocycles. The number of hydrogen-bond donors (Lipinski definition) is 0. The first-order chi connectivity index (χ1) is 5.42. The van der Waals surface area contributed by atoms with Crippen molar-refractivity contribution >= 4 is 33.4 Å². The van der Waals surface area contributed by atoms with E-state index in [0.29, 0.717) is 5.88 Å². The monoisotopic (exact) mass is 184 g/mol. The van der Waals surface area contributed by atoms with E-state index in [-0.39, 0.29) is 0 Å². The third-order valence-electron chi connectivity index (χ3n) is 1.50. The zero-order valence-corrected chi connectivity index (χ0v) is 7.19. The van der Waals surface area contributed by atoms with Crippen LogP contribution in [-0.4, -0.2) is 9.59 Å². The first kappa shape index (κ1) is 7.00. The lowest BCUT2D eigenvalue weighted by atomic mass is 10.2. The van der Waals surface area contributed by atoms with Crippen molar-refractivity contribution in [3.63, 3.8) is 0 Å². The van der Waals surface area contributed by atoms with E-state index in [1.54, 1.807) is 0 Å². The predicted octanol–water partition coefficient (Wildman–Crippen LogP) is 2.43. The summed E-state index contributed by atoms with van der Waals surface area (Å²) < 4.78 is 4.94. The molecule has 56 valence electrons. The summed E-state index contributed by atoms with van der Waals surface area (Å²) >= 11 is 7.11. The molecule has 0 unspecified atom stereocenters. The van der Waals surface area contributed by atoms with Crippen LogP contribution in [0.25, 0.3) is 10.2 Å². The second-order valence-corrected chi connectivity index (χ2v) is 3.19. The fraction of sp³-hybridized carbons (Fsp3) is 0.143. The Balaban J connectivity index is 2.79. The van der Waals surface area contributed by atoms with Crippen molar-refractivity contribution in [1.29, 1.82) is 0 Å². The Morgan fingerprint density at radius 1 is 1.45 bits per heavy atom. The lowest BCUT2D eigenvalue weighted by molar-refractivity contribution is 1.20. The van der Waals surface area contributed by atoms with Crippen molar-refractivity contribution in [3.8, 4) is 0 Å². The van der Waals surface area contributed by atoms with E-state index in [1.165, 1.54) is 11.5 Å². The van der Waals surface area contributed by atoms with E-state index >= 15 is 0 Å². The van der Waals surface area contributed by atoms with Crippen molar-refractivity contribution in [2.45, 2.75) is 5.88 Å². The molecule has 2 nitrogen and oxygen atoms in total. The minimum Gasteiger partial charge on any atom is -0.138 e. The quantitative estimate of drug-likeness (QED) is 0.637. The van der Waals surface area contributed by atoms with Gasteiger partial charge >= 0.3 is 0 Å². The van der Waals surface area contributed by atoms with Crippen LogP contribution in [0, 0.1) is 0 Å². The maximum absolute atomic E-state index is 5.71. The van der Waals surface area contributed by atoms with Crippen molar-refractivity contribution in [3.05, 3.63) is 23.8 Å². The number of aromatic nitrogens is 2. The number of hydrogen-bond acceptors (Lipinski definition) is 3. The van der Waals surface area contributed by atoms with Crippen molar-refractivity contribution in [2.75, 3.05) is 0 Å². The summed E-state index contributed by atoms with van der Waals surface area (Å²) in [5.41, 5.74) is 2.05. The molecule has 0 radical (unpaired) electrons. The summed E-state index contributed by atoms with van der Waals surface area (Å²) in [5, 5.41) is 3.94. The zero-order chi connectivity index (χ0) is 7.68. The van der Waals surface area contributed by atoms with Gasteiger partial charge in [0.2, 0.25) is 0 Å². The van der Waals surface area contributed by atoms with Crippen LogP contribution in [0.4, 0.5) is 0 Å². The van der Waals surface area contributed by atoms with Gasteiger partial charge in [0.1, 0.15) is 5.52 Å². The van der Waals surface area contributed by atoms with E-state index in [0.717, 1.165) is 15.8 Å². The van der Waals surface area contributed by atoms with Gasteiger partial charge in [-0.2, -0.15) is 0 Å². The van der Waals surface area contributed by atoms with Crippen LogP contribution in [0.1, 0.15) is 5.56 Å². The highest BCUT2D eigenvalue weighted by molar-refractivity contribution is 7.13. The first-order valence-electron chi connectivity index (χ1n) is 3.18. The molecule has 1 aromatic carbocycles. The van der Waals surface area contributed by atoms with Gasteiger partial charge in [-0.05, 0) is 23.2 Å². The number of fused-ring (bicyclic) bond motifs is 1. The highest BCUT2D eigenvalue weighted by atomic mass is 35.5. The van der Waals surface area contributed by atoms with Crippen LogP contribution in [-0.2, 0) is 5.88 Å². The standard InChI is InChI=1S/C7H5ClN2S/c8-4-5-2-1-3-6-7(5)11-10-9-6/h1-3H,4H2. The normalized spacial score (nSPS) is 10.6. The largest absolute Gasteiger partial charge is 0.138 e. The van der Waals surface area contributed by atoms with Gasteiger partial charge in [-0.1, -0.05) is 16.6 Å². The second kappa shape index (κ2) is 2.75. The van der Waals surface area contributed by atoms with Crippen LogP contribution in [0.15, 0.2) is 18.2 Å². The number of alkyl halides is 1. The Morgan fingerprint density at radius 3 is 3.18 bits per heavy atom. The molecule has 11 heavy (non-hydrogen) atoms. The van der Waals surface area contributed by atoms with Crippen LogP contribution < -0.4 is 0 Å². The SMILES string of the molecule is ClCc1cccc2nnsc12. The fourth-order valence-electron chi connectivity index (χ4n) is 0.966. The average molecular weight is 185 g/mol. The molecule has 2 rings (SSSR count). The highest BCUT2D eigenvalue weighted by Gasteiger charge is 2.01. The lowest BCUT2D eigenvalue weighted by Crippen LogP contribution is -1.76. The molecule has 0 spiro atoms. The summed E-state index contributed by atoms with van der Waals surface area (Å²) in [5.74, 6) is 0.529. The van der Waals surface area contributed by atoms with E-state index in [4.69, 9.17) is 11.6 Å². The molecular weight excluding hydrogens is 180 g/mol. The molecule has 0 aliphatic carbocycles. The van der Waals surface area contributed by atoms with Crippen LogP contribution in [0.3, 0.4) is 0 Å². The first-order valence-corrected chi connectivity index (χ1v) is 4.48. The summed E-state index contributed by atoms with van der Waals surface area (Å²) in [7, 11) is 0. The maximum atomic E-state index is 5.71. The van der Waals surface area contributed by atoms with Gasteiger partial charge in [-0.15, -0.1) is 16.7 Å². The topological polar surface area (TPSA) is 25.8 Å². The molecule has 0 aliphatic heterocycles. The van der Waals surface area contributed by atoms with Gasteiger partial charge in [-0.25, -0.2) is 0 Å². The third-order valence-corrected chi connectivity index (χ3v) is 2.61. The van der Waals surface area contributed by atoms with Crippen molar-refractivity contribution < 1.29 is 0 Å². The third kappa shape index (κ3) is 1.10. The lowest BCUT2D eigenvalue weighted by Gasteiger charge is -1.92. The Bertz CT molecular complexity index is 371. The molecule has 4 heteroatoms. The zero-order valence-electron chi connectivity index (χ0n) is 5.62. The van der Waals surface area contributed by atoms with E-state index in [1.807, 2.05) is 18.2 Å². The molecule has 0 fully saturated rings. The van der Waals surface area contributed by atoms with Gasteiger partial charge in [0.15, 0.2) is 0 Å². The van der Waals surface area contributed by atoms with Crippen LogP contribution in [0.5, 0.6) is 0 Å². The van der Waals surface area contributed by atoms with Gasteiger partial charge < -0.3 is 0 Å². The van der Waals surface area contributed by atoms with Gasteiger partial charge in [0.25, 0.3) is 0 Å². The van der Waals surface area contributed by atoms with Crippen molar-refractivity contribution in [2.24, 2.45) is 0 Å². The molecule has 0 bridgehead atoms. The molecule has 0 amide bonds. The van der Waals surface area contributed by atoms with E-state index in [2.05, 4.69) is 9.59 Å². The summed E-state index contributed by atoms with van der Waals surface area (Å²) in [6.07, 6.45) is 0. The van der Waals surface area contributed by atoms with Crippen molar-refractivity contribution in [1.82, 2.24) is 9.59 Å². The Labute approximate surface area is 73.0 Å². The summed E-state index contributed by atoms with van der Waals surface area (Å²) in [6.45, 7) is 0. The smallest absolute Gasteiger partial charge is 0.106 e. The average Bonchev–Trinajstić information content (AvgIpc) is 2.50. The highest BCUT2D eigenvalue weighted by Crippen LogP contribution is 2.21. The number of nitrogens with zero attached hydrogens (tertiary/aromatic N) is 2.